The van der Waals surface area contributed by atoms with Crippen LogP contribution in [0.5, 0.6) is 0 Å². The quantitative estimate of drug-likeness (QED) is 0.452. The maximum absolute atomic E-state index is 3.30. The third-order valence-corrected chi connectivity index (χ3v) is 1.55. The molecule has 0 fully saturated rings. The average Bonchev–Trinajstić information content (AvgIpc) is 2.49. The molecule has 2 rings (SSSR count). The van der Waals surface area contributed by atoms with E-state index >= 15 is 0 Å². The van der Waals surface area contributed by atoms with Crippen LogP contribution in [0.3, 0.4) is 0 Å². The van der Waals surface area contributed by atoms with Crippen molar-refractivity contribution in [2.75, 3.05) is 0 Å². The molecule has 0 aliphatic heterocycles. The molecule has 0 saturated carbocycles. The standard InChI is InChI=1S/C9H7.CH3.3BrH.Zr/c1-2-5-9-7-3-6-8(9)4-1;;;;;/h1-7H;1H3;3*1H;/q2*-1;;;;+3/p-3. The number of halogens is 3. The predicted octanol–water partition coefficient (Wildman–Crippen LogP) is 5.54. The van der Waals surface area contributed by atoms with Gasteiger partial charge in [-0.2, -0.15) is 17.5 Å². The Labute approximate surface area is 110 Å². The van der Waals surface area contributed by atoms with Crippen LogP contribution in [0.15, 0.2) is 42.5 Å². The molecule has 77 valence electrons. The second kappa shape index (κ2) is 8.32. The summed E-state index contributed by atoms with van der Waals surface area (Å²) in [5.74, 6) is 0. The topological polar surface area (TPSA) is 0 Å². The molecule has 0 nitrogen and oxygen atoms in total. The summed E-state index contributed by atoms with van der Waals surface area (Å²) in [6.45, 7) is 0. The first-order chi connectivity index (χ1) is 6.20. The van der Waals surface area contributed by atoms with E-state index < -0.39 is 14.7 Å². The summed E-state index contributed by atoms with van der Waals surface area (Å²) in [6, 6.07) is 14.7. The number of hydrogen-bond acceptors (Lipinski definition) is 0. The van der Waals surface area contributed by atoms with Gasteiger partial charge in [0.1, 0.15) is 0 Å². The molecule has 0 amide bonds. The minimum Gasteiger partial charge on any atom is -0.358 e. The van der Waals surface area contributed by atoms with Gasteiger partial charge in [-0.1, -0.05) is 6.07 Å². The predicted molar refractivity (Wildman–Crippen MR) is 72.7 cm³/mol. The van der Waals surface area contributed by atoms with Crippen molar-refractivity contribution in [1.29, 1.82) is 0 Å². The summed E-state index contributed by atoms with van der Waals surface area (Å²) >= 11 is 8.80. The summed E-state index contributed by atoms with van der Waals surface area (Å²) in [5.41, 5.74) is 0. The molecule has 2 aromatic rings. The number of benzene rings is 1. The molecule has 0 bridgehead atoms. The Kier molecular flexibility index (Phi) is 9.01. The molecule has 4 heteroatoms. The zero-order valence-corrected chi connectivity index (χ0v) is 14.9. The summed E-state index contributed by atoms with van der Waals surface area (Å²) in [7, 11) is 0. The van der Waals surface area contributed by atoms with E-state index in [1.54, 1.807) is 0 Å². The van der Waals surface area contributed by atoms with Crippen molar-refractivity contribution in [3.63, 3.8) is 0 Å². The van der Waals surface area contributed by atoms with Crippen molar-refractivity contribution < 1.29 is 14.7 Å². The van der Waals surface area contributed by atoms with Crippen LogP contribution in [0.4, 0.5) is 0 Å². The Bertz CT molecular complexity index is 324. The van der Waals surface area contributed by atoms with Gasteiger partial charge >= 0.3 is 51.4 Å². The third-order valence-electron chi connectivity index (χ3n) is 1.55. The van der Waals surface area contributed by atoms with Crippen LogP contribution in [-0.2, 0) is 14.7 Å². The Balaban J connectivity index is 0.000000299. The molecule has 0 atom stereocenters. The molecule has 0 aromatic heterocycles. The van der Waals surface area contributed by atoms with E-state index in [-0.39, 0.29) is 7.43 Å². The Hall–Kier alpha value is 1.15. The Morgan fingerprint density at radius 3 is 2.14 bits per heavy atom. The van der Waals surface area contributed by atoms with Gasteiger partial charge in [0, 0.05) is 0 Å². The van der Waals surface area contributed by atoms with E-state index in [0.717, 1.165) is 0 Å². The zero-order valence-electron chi connectivity index (χ0n) is 7.68. The Morgan fingerprint density at radius 2 is 1.57 bits per heavy atom. The van der Waals surface area contributed by atoms with Crippen molar-refractivity contribution in [2.45, 2.75) is 0 Å². The fourth-order valence-electron chi connectivity index (χ4n) is 1.07. The molecule has 0 heterocycles. The summed E-state index contributed by atoms with van der Waals surface area (Å²) in [6.07, 6.45) is 0. The molecule has 14 heavy (non-hydrogen) atoms. The summed E-state index contributed by atoms with van der Waals surface area (Å²) in [5, 5.41) is 2.66. The van der Waals surface area contributed by atoms with E-state index in [4.69, 9.17) is 0 Å². The first-order valence-corrected chi connectivity index (χ1v) is 20.5. The minimum absolute atomic E-state index is 0. The molecular weight excluding hydrogens is 451 g/mol. The smallest absolute Gasteiger partial charge is 0.0809 e. The fraction of sp³-hybridized carbons (Fsp3) is 0. The second-order valence-corrected chi connectivity index (χ2v) is 36.4. The van der Waals surface area contributed by atoms with Crippen molar-refractivity contribution in [3.8, 4) is 0 Å². The van der Waals surface area contributed by atoms with Crippen LogP contribution in [0.25, 0.3) is 10.8 Å². The van der Waals surface area contributed by atoms with E-state index in [1.807, 2.05) is 0 Å². The van der Waals surface area contributed by atoms with Gasteiger partial charge in [-0.25, -0.2) is 0 Å². The van der Waals surface area contributed by atoms with Crippen LogP contribution < -0.4 is 0 Å². The van der Waals surface area contributed by atoms with Crippen LogP contribution in [0, 0.1) is 7.43 Å². The van der Waals surface area contributed by atoms with Crippen molar-refractivity contribution >= 4 is 47.4 Å². The normalized spacial score (nSPS) is 8.50. The molecule has 0 N–H and O–H groups in total. The van der Waals surface area contributed by atoms with Gasteiger partial charge in [0.2, 0.25) is 0 Å². The van der Waals surface area contributed by atoms with Crippen LogP contribution in [0.1, 0.15) is 0 Å². The van der Waals surface area contributed by atoms with Gasteiger partial charge in [0.25, 0.3) is 0 Å². The molecule has 0 saturated heterocycles. The summed E-state index contributed by atoms with van der Waals surface area (Å²) in [4.78, 5) is 0. The van der Waals surface area contributed by atoms with E-state index in [1.165, 1.54) is 10.8 Å². The number of hydrogen-bond donors (Lipinski definition) is 0. The average molecular weight is 461 g/mol. The van der Waals surface area contributed by atoms with Gasteiger partial charge in [-0.3, -0.25) is 0 Å². The largest absolute Gasteiger partial charge is 0.358 e. The van der Waals surface area contributed by atoms with E-state index in [9.17, 15) is 0 Å². The Morgan fingerprint density at radius 1 is 1.00 bits per heavy atom. The number of fused-ring (bicyclic) bond motifs is 1. The molecule has 0 aliphatic carbocycles. The van der Waals surface area contributed by atoms with Crippen LogP contribution in [-0.4, -0.2) is 0 Å². The van der Waals surface area contributed by atoms with Gasteiger partial charge in [-0.15, -0.1) is 29.7 Å². The molecule has 2 aromatic carbocycles. The molecule has 0 aliphatic rings. The SMILES string of the molecule is [Br][Zr]([Br])[Br].[CH3-].c1ccc2[cH-]ccc2c1. The van der Waals surface area contributed by atoms with E-state index in [0.29, 0.717) is 0 Å². The maximum atomic E-state index is 3.30. The molecule has 0 unspecified atom stereocenters. The zero-order chi connectivity index (χ0) is 9.68. The van der Waals surface area contributed by atoms with Gasteiger partial charge < -0.3 is 7.43 Å². The second-order valence-electron chi connectivity index (χ2n) is 2.37. The first-order valence-electron chi connectivity index (χ1n) is 3.64. The fourth-order valence-corrected chi connectivity index (χ4v) is 1.07. The van der Waals surface area contributed by atoms with Gasteiger partial charge in [0.15, 0.2) is 0 Å². The molecular formula is C10H10Br3Zr-2. The monoisotopic (exact) mass is 457 g/mol. The third kappa shape index (κ3) is 5.90. The number of rotatable bonds is 0. The van der Waals surface area contributed by atoms with Crippen molar-refractivity contribution in [3.05, 3.63) is 49.9 Å². The van der Waals surface area contributed by atoms with E-state index in [2.05, 4.69) is 79.1 Å². The van der Waals surface area contributed by atoms with Crippen LogP contribution >= 0.6 is 36.7 Å². The maximum Gasteiger partial charge on any atom is -0.0809 e. The first kappa shape index (κ1) is 15.2. The van der Waals surface area contributed by atoms with Gasteiger partial charge in [-0.05, 0) is 0 Å². The van der Waals surface area contributed by atoms with Crippen molar-refractivity contribution in [2.24, 2.45) is 0 Å². The molecule has 0 radical (unpaired) electrons. The summed E-state index contributed by atoms with van der Waals surface area (Å²) < 4.78 is 0. The molecule has 0 spiro atoms. The van der Waals surface area contributed by atoms with Crippen molar-refractivity contribution in [1.82, 2.24) is 0 Å². The van der Waals surface area contributed by atoms with Gasteiger partial charge in [0.05, 0.1) is 0 Å². The minimum atomic E-state index is -1.11. The van der Waals surface area contributed by atoms with Crippen LogP contribution in [0.2, 0.25) is 0 Å².